The van der Waals surface area contributed by atoms with Crippen molar-refractivity contribution in [3.05, 3.63) is 18.2 Å². The van der Waals surface area contributed by atoms with Crippen LogP contribution in [0.15, 0.2) is 12.4 Å². The van der Waals surface area contributed by atoms with E-state index in [2.05, 4.69) is 14.9 Å². The van der Waals surface area contributed by atoms with Crippen LogP contribution in [0.25, 0.3) is 0 Å². The number of nitrogens with one attached hydrogen (secondary N) is 1. The van der Waals surface area contributed by atoms with E-state index >= 15 is 0 Å². The molecule has 4 heteroatoms. The highest BCUT2D eigenvalue weighted by atomic mass is 35.5. The van der Waals surface area contributed by atoms with Crippen molar-refractivity contribution in [2.75, 3.05) is 19.0 Å². The van der Waals surface area contributed by atoms with Crippen LogP contribution in [0.4, 0.5) is 0 Å². The summed E-state index contributed by atoms with van der Waals surface area (Å²) in [7, 11) is 0. The third kappa shape index (κ3) is 2.83. The van der Waals surface area contributed by atoms with Crippen LogP contribution in [0.3, 0.4) is 0 Å². The summed E-state index contributed by atoms with van der Waals surface area (Å²) >= 11 is 5.51. The van der Waals surface area contributed by atoms with Gasteiger partial charge in [0.15, 0.2) is 0 Å². The lowest BCUT2D eigenvalue weighted by Gasteiger charge is -2.04. The quantitative estimate of drug-likeness (QED) is 0.551. The van der Waals surface area contributed by atoms with Gasteiger partial charge in [0.25, 0.3) is 0 Å². The SMILES string of the molecule is Cc1nccn1CCNCCCl. The average molecular weight is 188 g/mol. The minimum absolute atomic E-state index is 0.670. The molecule has 0 aromatic carbocycles. The minimum Gasteiger partial charge on any atom is -0.334 e. The fourth-order valence-electron chi connectivity index (χ4n) is 1.03. The van der Waals surface area contributed by atoms with Crippen LogP contribution < -0.4 is 5.32 Å². The molecule has 0 amide bonds. The van der Waals surface area contributed by atoms with E-state index in [0.717, 1.165) is 25.5 Å². The lowest BCUT2D eigenvalue weighted by atomic mass is 10.5. The standard InChI is InChI=1S/C8H14ClN3/c1-8-11-5-7-12(8)6-4-10-3-2-9/h5,7,10H,2-4,6H2,1H3. The summed E-state index contributed by atoms with van der Waals surface area (Å²) in [6.07, 6.45) is 3.80. The van der Waals surface area contributed by atoms with Crippen LogP contribution in [0.2, 0.25) is 0 Å². The third-order valence-electron chi connectivity index (χ3n) is 1.72. The van der Waals surface area contributed by atoms with Gasteiger partial charge in [-0.25, -0.2) is 4.98 Å². The van der Waals surface area contributed by atoms with Crippen LogP contribution in [0, 0.1) is 6.92 Å². The van der Waals surface area contributed by atoms with Gasteiger partial charge in [-0.3, -0.25) is 0 Å². The Bertz CT molecular complexity index is 222. The number of alkyl halides is 1. The number of halogens is 1. The highest BCUT2D eigenvalue weighted by Gasteiger charge is 1.94. The normalized spacial score (nSPS) is 10.5. The number of rotatable bonds is 5. The summed E-state index contributed by atoms with van der Waals surface area (Å²) in [5.74, 6) is 1.73. The number of hydrogen-bond acceptors (Lipinski definition) is 2. The lowest BCUT2D eigenvalue weighted by Crippen LogP contribution is -2.21. The summed E-state index contributed by atoms with van der Waals surface area (Å²) in [6, 6.07) is 0. The van der Waals surface area contributed by atoms with Crippen LogP contribution in [-0.4, -0.2) is 28.5 Å². The first-order valence-corrected chi connectivity index (χ1v) is 4.62. The van der Waals surface area contributed by atoms with Gasteiger partial charge in [0.1, 0.15) is 5.82 Å². The molecule has 1 aromatic rings. The average Bonchev–Trinajstić information content (AvgIpc) is 2.46. The molecule has 68 valence electrons. The Hall–Kier alpha value is -0.540. The van der Waals surface area contributed by atoms with Crippen LogP contribution in [0.5, 0.6) is 0 Å². The molecule has 0 spiro atoms. The van der Waals surface area contributed by atoms with Gasteiger partial charge in [-0.1, -0.05) is 0 Å². The van der Waals surface area contributed by atoms with E-state index < -0.39 is 0 Å². The highest BCUT2D eigenvalue weighted by molar-refractivity contribution is 6.18. The minimum atomic E-state index is 0.670. The second kappa shape index (κ2) is 5.17. The van der Waals surface area contributed by atoms with Gasteiger partial charge in [0, 0.05) is 37.9 Å². The molecule has 0 radical (unpaired) electrons. The summed E-state index contributed by atoms with van der Waals surface area (Å²) in [4.78, 5) is 4.12. The Balaban J connectivity index is 2.20. The van der Waals surface area contributed by atoms with E-state index in [1.165, 1.54) is 0 Å². The molecule has 0 saturated heterocycles. The van der Waals surface area contributed by atoms with Crippen molar-refractivity contribution in [1.82, 2.24) is 14.9 Å². The molecule has 1 heterocycles. The van der Waals surface area contributed by atoms with Crippen molar-refractivity contribution >= 4 is 11.6 Å². The summed E-state index contributed by atoms with van der Waals surface area (Å²) in [5, 5.41) is 3.22. The molecule has 0 unspecified atom stereocenters. The van der Waals surface area contributed by atoms with Crippen molar-refractivity contribution in [3.8, 4) is 0 Å². The summed E-state index contributed by atoms with van der Waals surface area (Å²) < 4.78 is 2.11. The van der Waals surface area contributed by atoms with Gasteiger partial charge >= 0.3 is 0 Å². The van der Waals surface area contributed by atoms with Gasteiger partial charge in [0.2, 0.25) is 0 Å². The van der Waals surface area contributed by atoms with E-state index in [1.807, 2.05) is 19.3 Å². The van der Waals surface area contributed by atoms with Crippen molar-refractivity contribution in [1.29, 1.82) is 0 Å². The molecule has 0 bridgehead atoms. The molecule has 1 rings (SSSR count). The number of imidazole rings is 1. The number of aryl methyl sites for hydroxylation is 1. The molecule has 0 fully saturated rings. The molecule has 0 aliphatic heterocycles. The number of hydrogen-bond donors (Lipinski definition) is 1. The van der Waals surface area contributed by atoms with Crippen LogP contribution in [0.1, 0.15) is 5.82 Å². The molecule has 0 aliphatic rings. The van der Waals surface area contributed by atoms with E-state index in [9.17, 15) is 0 Å². The van der Waals surface area contributed by atoms with Gasteiger partial charge in [-0.05, 0) is 6.92 Å². The summed E-state index contributed by atoms with van der Waals surface area (Å²) in [5.41, 5.74) is 0. The zero-order valence-corrected chi connectivity index (χ0v) is 8.01. The highest BCUT2D eigenvalue weighted by Crippen LogP contribution is 1.92. The Morgan fingerprint density at radius 1 is 1.58 bits per heavy atom. The first-order valence-electron chi connectivity index (χ1n) is 4.09. The molecule has 0 atom stereocenters. The summed E-state index contributed by atoms with van der Waals surface area (Å²) in [6.45, 7) is 4.78. The first kappa shape index (κ1) is 9.55. The van der Waals surface area contributed by atoms with Gasteiger partial charge in [-0.2, -0.15) is 0 Å². The molecule has 1 N–H and O–H groups in total. The lowest BCUT2D eigenvalue weighted by molar-refractivity contribution is 0.603. The van der Waals surface area contributed by atoms with Gasteiger partial charge in [0.05, 0.1) is 0 Å². The third-order valence-corrected chi connectivity index (χ3v) is 1.91. The largest absolute Gasteiger partial charge is 0.334 e. The molecule has 0 saturated carbocycles. The molecule has 12 heavy (non-hydrogen) atoms. The molecule has 1 aromatic heterocycles. The van der Waals surface area contributed by atoms with Crippen LogP contribution in [-0.2, 0) is 6.54 Å². The Morgan fingerprint density at radius 2 is 2.42 bits per heavy atom. The topological polar surface area (TPSA) is 29.9 Å². The Morgan fingerprint density at radius 3 is 3.00 bits per heavy atom. The van der Waals surface area contributed by atoms with Crippen molar-refractivity contribution in [2.45, 2.75) is 13.5 Å². The van der Waals surface area contributed by atoms with Crippen LogP contribution >= 0.6 is 11.6 Å². The van der Waals surface area contributed by atoms with Crippen molar-refractivity contribution in [3.63, 3.8) is 0 Å². The first-order chi connectivity index (χ1) is 5.84. The van der Waals surface area contributed by atoms with E-state index in [4.69, 9.17) is 11.6 Å². The zero-order valence-electron chi connectivity index (χ0n) is 7.26. The Labute approximate surface area is 77.7 Å². The maximum atomic E-state index is 5.51. The number of nitrogens with zero attached hydrogens (tertiary/aromatic N) is 2. The predicted octanol–water partition coefficient (Wildman–Crippen LogP) is 1.02. The zero-order chi connectivity index (χ0) is 8.81. The second-order valence-corrected chi connectivity index (χ2v) is 2.98. The fourth-order valence-corrected chi connectivity index (χ4v) is 1.16. The van der Waals surface area contributed by atoms with E-state index in [0.29, 0.717) is 5.88 Å². The van der Waals surface area contributed by atoms with Crippen molar-refractivity contribution in [2.24, 2.45) is 0 Å². The Kier molecular flexibility index (Phi) is 4.11. The maximum Gasteiger partial charge on any atom is 0.105 e. The molecule has 0 aliphatic carbocycles. The van der Waals surface area contributed by atoms with Gasteiger partial charge in [-0.15, -0.1) is 11.6 Å². The molecule has 3 nitrogen and oxygen atoms in total. The maximum absolute atomic E-state index is 5.51. The van der Waals surface area contributed by atoms with E-state index in [-0.39, 0.29) is 0 Å². The predicted molar refractivity (Wildman–Crippen MR) is 50.6 cm³/mol. The van der Waals surface area contributed by atoms with Gasteiger partial charge < -0.3 is 9.88 Å². The van der Waals surface area contributed by atoms with Crippen molar-refractivity contribution < 1.29 is 0 Å². The smallest absolute Gasteiger partial charge is 0.105 e. The second-order valence-electron chi connectivity index (χ2n) is 2.61. The molecular weight excluding hydrogens is 174 g/mol. The number of aromatic nitrogens is 2. The van der Waals surface area contributed by atoms with E-state index in [1.54, 1.807) is 0 Å². The monoisotopic (exact) mass is 187 g/mol. The molecular formula is C8H14ClN3. The fraction of sp³-hybridized carbons (Fsp3) is 0.625.